The zero-order valence-corrected chi connectivity index (χ0v) is 12.6. The molecule has 1 amide bonds. The van der Waals surface area contributed by atoms with Crippen LogP contribution in [0, 0.1) is 0 Å². The molecule has 0 saturated carbocycles. The van der Waals surface area contributed by atoms with E-state index in [0.29, 0.717) is 5.56 Å². The van der Waals surface area contributed by atoms with Crippen molar-refractivity contribution in [3.63, 3.8) is 0 Å². The number of carbonyl (C=O) groups is 1. The molecule has 0 saturated heterocycles. The summed E-state index contributed by atoms with van der Waals surface area (Å²) in [7, 11) is 4.04. The number of benzene rings is 2. The summed E-state index contributed by atoms with van der Waals surface area (Å²) in [4.78, 5) is 14.4. The van der Waals surface area contributed by atoms with Gasteiger partial charge in [-0.3, -0.25) is 4.79 Å². The predicted octanol–water partition coefficient (Wildman–Crippen LogP) is 2.59. The van der Waals surface area contributed by atoms with Gasteiger partial charge in [-0.25, -0.2) is 0 Å². The maximum absolute atomic E-state index is 12.3. The average Bonchev–Trinajstić information content (AvgIpc) is 2.48. The Hall–Kier alpha value is -2.13. The van der Waals surface area contributed by atoms with Gasteiger partial charge in [-0.1, -0.05) is 48.5 Å². The van der Waals surface area contributed by atoms with E-state index >= 15 is 0 Å². The van der Waals surface area contributed by atoms with E-state index in [-0.39, 0.29) is 11.9 Å². The summed E-state index contributed by atoms with van der Waals surface area (Å²) in [5.41, 5.74) is 1.94. The molecule has 0 radical (unpaired) electrons. The Morgan fingerprint density at radius 3 is 2.14 bits per heavy atom. The average molecular weight is 282 g/mol. The molecule has 1 atom stereocenters. The fraction of sp³-hybridized carbons (Fsp3) is 0.278. The third-order valence-corrected chi connectivity index (χ3v) is 3.28. The highest BCUT2D eigenvalue weighted by atomic mass is 16.1. The van der Waals surface area contributed by atoms with E-state index in [4.69, 9.17) is 0 Å². The fourth-order valence-electron chi connectivity index (χ4n) is 2.36. The van der Waals surface area contributed by atoms with Gasteiger partial charge in [0.15, 0.2) is 0 Å². The first-order valence-corrected chi connectivity index (χ1v) is 7.19. The molecule has 0 fully saturated rings. The third kappa shape index (κ3) is 5.04. The highest BCUT2D eigenvalue weighted by molar-refractivity contribution is 5.94. The van der Waals surface area contributed by atoms with Crippen LogP contribution in [0.5, 0.6) is 0 Å². The van der Waals surface area contributed by atoms with Gasteiger partial charge in [0, 0.05) is 18.2 Å². The Balaban J connectivity index is 2.04. The SMILES string of the molecule is CN(C)C[C@H](Cc1ccccc1)NC(=O)c1ccccc1. The van der Waals surface area contributed by atoms with E-state index in [1.807, 2.05) is 62.6 Å². The third-order valence-electron chi connectivity index (χ3n) is 3.28. The minimum absolute atomic E-state index is 0.0154. The molecule has 0 heterocycles. The van der Waals surface area contributed by atoms with Crippen molar-refractivity contribution in [2.75, 3.05) is 20.6 Å². The van der Waals surface area contributed by atoms with Crippen LogP contribution in [0.4, 0.5) is 0 Å². The molecule has 0 aliphatic heterocycles. The molecule has 3 heteroatoms. The lowest BCUT2D eigenvalue weighted by atomic mass is 10.0. The van der Waals surface area contributed by atoms with Crippen LogP contribution >= 0.6 is 0 Å². The standard InChI is InChI=1S/C18H22N2O/c1-20(2)14-17(13-15-9-5-3-6-10-15)19-18(21)16-11-7-4-8-12-16/h3-12,17H,13-14H2,1-2H3,(H,19,21)/t17-/m0/s1. The summed E-state index contributed by atoms with van der Waals surface area (Å²) in [6.45, 7) is 0.813. The Morgan fingerprint density at radius 2 is 1.57 bits per heavy atom. The second-order valence-electron chi connectivity index (χ2n) is 5.49. The molecule has 21 heavy (non-hydrogen) atoms. The van der Waals surface area contributed by atoms with E-state index in [9.17, 15) is 4.79 Å². The van der Waals surface area contributed by atoms with Crippen molar-refractivity contribution < 1.29 is 4.79 Å². The van der Waals surface area contributed by atoms with Crippen molar-refractivity contribution in [3.05, 3.63) is 71.8 Å². The molecule has 1 N–H and O–H groups in total. The van der Waals surface area contributed by atoms with Gasteiger partial charge < -0.3 is 10.2 Å². The maximum atomic E-state index is 12.3. The van der Waals surface area contributed by atoms with Crippen LogP contribution in [0.1, 0.15) is 15.9 Å². The van der Waals surface area contributed by atoms with E-state index < -0.39 is 0 Å². The minimum atomic E-state index is -0.0154. The van der Waals surface area contributed by atoms with E-state index in [0.717, 1.165) is 13.0 Å². The van der Waals surface area contributed by atoms with E-state index in [1.54, 1.807) is 0 Å². The van der Waals surface area contributed by atoms with Crippen LogP contribution in [0.3, 0.4) is 0 Å². The fourth-order valence-corrected chi connectivity index (χ4v) is 2.36. The molecule has 0 aliphatic rings. The van der Waals surface area contributed by atoms with Crippen molar-refractivity contribution >= 4 is 5.91 Å². The molecule has 2 aromatic rings. The Kier molecular flexibility index (Phi) is 5.52. The zero-order chi connectivity index (χ0) is 15.1. The number of nitrogens with one attached hydrogen (secondary N) is 1. The molecule has 0 aromatic heterocycles. The van der Waals surface area contributed by atoms with E-state index in [2.05, 4.69) is 22.3 Å². The van der Waals surface area contributed by atoms with Crippen LogP contribution in [-0.2, 0) is 6.42 Å². The smallest absolute Gasteiger partial charge is 0.251 e. The lowest BCUT2D eigenvalue weighted by Crippen LogP contribution is -2.43. The molecule has 0 spiro atoms. The Labute approximate surface area is 126 Å². The van der Waals surface area contributed by atoms with Gasteiger partial charge in [0.2, 0.25) is 0 Å². The summed E-state index contributed by atoms with van der Waals surface area (Å²) in [6, 6.07) is 19.7. The molecule has 0 bridgehead atoms. The lowest BCUT2D eigenvalue weighted by Gasteiger charge is -2.22. The lowest BCUT2D eigenvalue weighted by molar-refractivity contribution is 0.0930. The molecule has 0 aliphatic carbocycles. The quantitative estimate of drug-likeness (QED) is 0.883. The number of rotatable bonds is 6. The predicted molar refractivity (Wildman–Crippen MR) is 86.4 cm³/mol. The number of amides is 1. The normalized spacial score (nSPS) is 12.1. The van der Waals surface area contributed by atoms with Gasteiger partial charge in [-0.05, 0) is 38.2 Å². The second-order valence-corrected chi connectivity index (χ2v) is 5.49. The summed E-state index contributed by atoms with van der Waals surface area (Å²) >= 11 is 0. The van der Waals surface area contributed by atoms with Gasteiger partial charge in [0.05, 0.1) is 0 Å². The number of hydrogen-bond acceptors (Lipinski definition) is 2. The molecular weight excluding hydrogens is 260 g/mol. The van der Waals surface area contributed by atoms with Crippen molar-refractivity contribution in [2.24, 2.45) is 0 Å². The highest BCUT2D eigenvalue weighted by Gasteiger charge is 2.15. The van der Waals surface area contributed by atoms with Crippen LogP contribution in [-0.4, -0.2) is 37.5 Å². The van der Waals surface area contributed by atoms with Crippen LogP contribution in [0.2, 0.25) is 0 Å². The van der Waals surface area contributed by atoms with Gasteiger partial charge >= 0.3 is 0 Å². The van der Waals surface area contributed by atoms with Crippen molar-refractivity contribution in [1.82, 2.24) is 10.2 Å². The molecule has 0 unspecified atom stereocenters. The first-order valence-electron chi connectivity index (χ1n) is 7.19. The largest absolute Gasteiger partial charge is 0.348 e. The van der Waals surface area contributed by atoms with Crippen molar-refractivity contribution in [2.45, 2.75) is 12.5 Å². The summed E-state index contributed by atoms with van der Waals surface area (Å²) in [5.74, 6) is -0.0154. The van der Waals surface area contributed by atoms with Crippen molar-refractivity contribution in [1.29, 1.82) is 0 Å². The number of nitrogens with zero attached hydrogens (tertiary/aromatic N) is 1. The van der Waals surface area contributed by atoms with Crippen LogP contribution in [0.15, 0.2) is 60.7 Å². The number of hydrogen-bond donors (Lipinski definition) is 1. The number of likely N-dealkylation sites (N-methyl/N-ethyl adjacent to an activating group) is 1. The molecule has 2 rings (SSSR count). The highest BCUT2D eigenvalue weighted by Crippen LogP contribution is 2.06. The molecule has 2 aromatic carbocycles. The molecule has 110 valence electrons. The summed E-state index contributed by atoms with van der Waals surface area (Å²) in [5, 5.41) is 3.13. The maximum Gasteiger partial charge on any atom is 0.251 e. The monoisotopic (exact) mass is 282 g/mol. The Morgan fingerprint density at radius 1 is 1.00 bits per heavy atom. The second kappa shape index (κ2) is 7.60. The number of carbonyl (C=O) groups excluding carboxylic acids is 1. The van der Waals surface area contributed by atoms with Gasteiger partial charge in [-0.2, -0.15) is 0 Å². The summed E-state index contributed by atoms with van der Waals surface area (Å²) < 4.78 is 0. The minimum Gasteiger partial charge on any atom is -0.348 e. The topological polar surface area (TPSA) is 32.3 Å². The van der Waals surface area contributed by atoms with Crippen LogP contribution < -0.4 is 5.32 Å². The molecular formula is C18H22N2O. The van der Waals surface area contributed by atoms with E-state index in [1.165, 1.54) is 5.56 Å². The van der Waals surface area contributed by atoms with Gasteiger partial charge in [0.1, 0.15) is 0 Å². The van der Waals surface area contributed by atoms with Crippen LogP contribution in [0.25, 0.3) is 0 Å². The zero-order valence-electron chi connectivity index (χ0n) is 12.6. The Bertz CT molecular complexity index is 552. The van der Waals surface area contributed by atoms with Crippen molar-refractivity contribution in [3.8, 4) is 0 Å². The first kappa shape index (κ1) is 15.3. The first-order chi connectivity index (χ1) is 10.1. The molecule has 3 nitrogen and oxygen atoms in total. The van der Waals surface area contributed by atoms with Gasteiger partial charge in [0.25, 0.3) is 5.91 Å². The van der Waals surface area contributed by atoms with Gasteiger partial charge in [-0.15, -0.1) is 0 Å². The summed E-state index contributed by atoms with van der Waals surface area (Å²) in [6.07, 6.45) is 0.831.